The Balaban J connectivity index is 1.60. The lowest BCUT2D eigenvalue weighted by Crippen LogP contribution is -2.48. The van der Waals surface area contributed by atoms with E-state index in [1.807, 2.05) is 18.7 Å². The second-order valence-electron chi connectivity index (χ2n) is 8.59. The van der Waals surface area contributed by atoms with Crippen molar-refractivity contribution in [2.24, 2.45) is 16.3 Å². The number of guanidine groups is 1. The molecule has 0 spiro atoms. The normalized spacial score (nSPS) is 27.1. The van der Waals surface area contributed by atoms with E-state index in [2.05, 4.69) is 46.5 Å². The van der Waals surface area contributed by atoms with Crippen molar-refractivity contribution in [3.63, 3.8) is 0 Å². The molecule has 3 unspecified atom stereocenters. The second-order valence-corrected chi connectivity index (χ2v) is 8.59. The SMILES string of the molecule is CN=C(NCC1CCCOC1C(C)(C)C)NC1CCCn2nc(C)nc21. The van der Waals surface area contributed by atoms with Gasteiger partial charge in [-0.15, -0.1) is 0 Å². The van der Waals surface area contributed by atoms with E-state index in [0.29, 0.717) is 5.92 Å². The van der Waals surface area contributed by atoms with Crippen LogP contribution in [0.15, 0.2) is 4.99 Å². The topological polar surface area (TPSA) is 76.4 Å². The van der Waals surface area contributed by atoms with Crippen molar-refractivity contribution in [1.82, 2.24) is 25.4 Å². The zero-order chi connectivity index (χ0) is 18.7. The van der Waals surface area contributed by atoms with Crippen molar-refractivity contribution >= 4 is 5.96 Å². The Morgan fingerprint density at radius 1 is 1.31 bits per heavy atom. The highest BCUT2D eigenvalue weighted by molar-refractivity contribution is 5.80. The summed E-state index contributed by atoms with van der Waals surface area (Å²) in [5.74, 6) is 3.19. The number of aliphatic imine (C=N–C) groups is 1. The first kappa shape index (κ1) is 19.1. The quantitative estimate of drug-likeness (QED) is 0.638. The first-order valence-electron chi connectivity index (χ1n) is 9.88. The van der Waals surface area contributed by atoms with Crippen LogP contribution in [0.5, 0.6) is 0 Å². The molecular formula is C19H34N6O. The fraction of sp³-hybridized carbons (Fsp3) is 0.842. The van der Waals surface area contributed by atoms with Crippen molar-refractivity contribution in [2.45, 2.75) is 72.1 Å². The zero-order valence-electron chi connectivity index (χ0n) is 16.9. The van der Waals surface area contributed by atoms with Gasteiger partial charge in [0.15, 0.2) is 5.96 Å². The number of hydrogen-bond donors (Lipinski definition) is 2. The van der Waals surface area contributed by atoms with E-state index in [4.69, 9.17) is 4.74 Å². The Morgan fingerprint density at radius 2 is 2.12 bits per heavy atom. The molecule has 0 aromatic carbocycles. The first-order chi connectivity index (χ1) is 12.4. The molecule has 0 saturated carbocycles. The fourth-order valence-corrected chi connectivity index (χ4v) is 4.20. The van der Waals surface area contributed by atoms with Crippen LogP contribution in [0.1, 0.15) is 64.1 Å². The molecule has 0 aliphatic carbocycles. The predicted molar refractivity (Wildman–Crippen MR) is 103 cm³/mol. The van der Waals surface area contributed by atoms with Crippen molar-refractivity contribution < 1.29 is 4.74 Å². The summed E-state index contributed by atoms with van der Waals surface area (Å²) >= 11 is 0. The average molecular weight is 363 g/mol. The van der Waals surface area contributed by atoms with E-state index in [-0.39, 0.29) is 17.6 Å². The molecule has 7 nitrogen and oxygen atoms in total. The minimum absolute atomic E-state index is 0.154. The minimum atomic E-state index is 0.154. The highest BCUT2D eigenvalue weighted by atomic mass is 16.5. The molecule has 1 aromatic rings. The smallest absolute Gasteiger partial charge is 0.191 e. The van der Waals surface area contributed by atoms with E-state index in [9.17, 15) is 0 Å². The number of ether oxygens (including phenoxy) is 1. The number of aryl methyl sites for hydroxylation is 2. The maximum absolute atomic E-state index is 6.10. The van der Waals surface area contributed by atoms with Gasteiger partial charge >= 0.3 is 0 Å². The van der Waals surface area contributed by atoms with E-state index in [1.54, 1.807) is 0 Å². The van der Waals surface area contributed by atoms with Crippen LogP contribution in [0, 0.1) is 18.3 Å². The maximum Gasteiger partial charge on any atom is 0.191 e. The molecule has 26 heavy (non-hydrogen) atoms. The van der Waals surface area contributed by atoms with E-state index < -0.39 is 0 Å². The Hall–Kier alpha value is -1.63. The highest BCUT2D eigenvalue weighted by Gasteiger charge is 2.35. The van der Waals surface area contributed by atoms with Gasteiger partial charge in [-0.3, -0.25) is 4.99 Å². The summed E-state index contributed by atoms with van der Waals surface area (Å²) in [6, 6.07) is 0.164. The zero-order valence-corrected chi connectivity index (χ0v) is 16.9. The monoisotopic (exact) mass is 362 g/mol. The number of rotatable bonds is 3. The molecule has 0 radical (unpaired) electrons. The van der Waals surface area contributed by atoms with Crippen LogP contribution in [0.25, 0.3) is 0 Å². The van der Waals surface area contributed by atoms with E-state index >= 15 is 0 Å². The molecular weight excluding hydrogens is 328 g/mol. The molecule has 1 saturated heterocycles. The lowest BCUT2D eigenvalue weighted by molar-refractivity contribution is -0.0835. The molecule has 0 bridgehead atoms. The summed E-state index contributed by atoms with van der Waals surface area (Å²) in [7, 11) is 1.83. The summed E-state index contributed by atoms with van der Waals surface area (Å²) in [6.45, 7) is 11.4. The molecule has 1 fully saturated rings. The largest absolute Gasteiger partial charge is 0.377 e. The van der Waals surface area contributed by atoms with Gasteiger partial charge in [-0.1, -0.05) is 20.8 Å². The lowest BCUT2D eigenvalue weighted by atomic mass is 9.78. The summed E-state index contributed by atoms with van der Waals surface area (Å²) in [6.07, 6.45) is 4.77. The molecule has 2 N–H and O–H groups in total. The third kappa shape index (κ3) is 4.37. The number of nitrogens with one attached hydrogen (secondary N) is 2. The van der Waals surface area contributed by atoms with Crippen molar-refractivity contribution in [3.8, 4) is 0 Å². The van der Waals surface area contributed by atoms with Gasteiger partial charge < -0.3 is 15.4 Å². The van der Waals surface area contributed by atoms with E-state index in [1.165, 1.54) is 6.42 Å². The summed E-state index contributed by atoms with van der Waals surface area (Å²) in [5.41, 5.74) is 0.154. The van der Waals surface area contributed by atoms with E-state index in [0.717, 1.165) is 56.6 Å². The summed E-state index contributed by atoms with van der Waals surface area (Å²) < 4.78 is 8.12. The number of nitrogens with zero attached hydrogens (tertiary/aromatic N) is 4. The van der Waals surface area contributed by atoms with Gasteiger partial charge in [-0.2, -0.15) is 5.10 Å². The highest BCUT2D eigenvalue weighted by Crippen LogP contribution is 2.33. The van der Waals surface area contributed by atoms with Crippen LogP contribution < -0.4 is 10.6 Å². The van der Waals surface area contributed by atoms with Gasteiger partial charge in [0.05, 0.1) is 12.1 Å². The Labute approximate surface area is 157 Å². The fourth-order valence-electron chi connectivity index (χ4n) is 4.20. The molecule has 0 amide bonds. The molecule has 1 aromatic heterocycles. The summed E-state index contributed by atoms with van der Waals surface area (Å²) in [4.78, 5) is 9.03. The Bertz CT molecular complexity index is 632. The Morgan fingerprint density at radius 3 is 2.85 bits per heavy atom. The molecule has 3 heterocycles. The lowest BCUT2D eigenvalue weighted by Gasteiger charge is -2.40. The van der Waals surface area contributed by atoms with Crippen molar-refractivity contribution in [3.05, 3.63) is 11.6 Å². The molecule has 7 heteroatoms. The minimum Gasteiger partial charge on any atom is -0.377 e. The molecule has 3 rings (SSSR count). The number of hydrogen-bond acceptors (Lipinski definition) is 4. The molecule has 2 aliphatic rings. The first-order valence-corrected chi connectivity index (χ1v) is 9.88. The number of aromatic nitrogens is 3. The van der Waals surface area contributed by atoms with Gasteiger partial charge in [0, 0.05) is 32.7 Å². The standard InChI is InChI=1S/C19H34N6O/c1-13-22-17-15(9-6-10-25(17)24-13)23-18(20-5)21-12-14-8-7-11-26-16(14)19(2,3)4/h14-16H,6-12H2,1-5H3,(H2,20,21,23). The molecule has 2 aliphatic heterocycles. The van der Waals surface area contributed by atoms with Crippen LogP contribution in [0.4, 0.5) is 0 Å². The van der Waals surface area contributed by atoms with Crippen molar-refractivity contribution in [2.75, 3.05) is 20.2 Å². The van der Waals surface area contributed by atoms with Crippen molar-refractivity contribution in [1.29, 1.82) is 0 Å². The van der Waals surface area contributed by atoms with Crippen LogP contribution in [0.2, 0.25) is 0 Å². The molecule has 3 atom stereocenters. The Kier molecular flexibility index (Phi) is 5.85. The predicted octanol–water partition coefficient (Wildman–Crippen LogP) is 2.43. The third-order valence-electron chi connectivity index (χ3n) is 5.35. The van der Waals surface area contributed by atoms with Gasteiger partial charge in [-0.05, 0) is 38.0 Å². The van der Waals surface area contributed by atoms with Crippen LogP contribution in [-0.2, 0) is 11.3 Å². The summed E-state index contributed by atoms with van der Waals surface area (Å²) in [5, 5.41) is 11.6. The maximum atomic E-state index is 6.10. The third-order valence-corrected chi connectivity index (χ3v) is 5.35. The van der Waals surface area contributed by atoms with Crippen LogP contribution in [0.3, 0.4) is 0 Å². The molecule has 146 valence electrons. The number of fused-ring (bicyclic) bond motifs is 1. The van der Waals surface area contributed by atoms with Crippen LogP contribution >= 0.6 is 0 Å². The van der Waals surface area contributed by atoms with Crippen LogP contribution in [-0.4, -0.2) is 47.0 Å². The second kappa shape index (κ2) is 7.94. The van der Waals surface area contributed by atoms with Gasteiger partial charge in [0.1, 0.15) is 11.6 Å². The van der Waals surface area contributed by atoms with Gasteiger partial charge in [-0.25, -0.2) is 9.67 Å². The van der Waals surface area contributed by atoms with Gasteiger partial charge in [0.25, 0.3) is 0 Å². The van der Waals surface area contributed by atoms with Gasteiger partial charge in [0.2, 0.25) is 0 Å². The average Bonchev–Trinajstić information content (AvgIpc) is 2.99.